The van der Waals surface area contributed by atoms with E-state index in [2.05, 4.69) is 15.6 Å². The number of carbonyl (C=O) groups excluding carboxylic acids is 3. The second-order valence-electron chi connectivity index (χ2n) is 11.1. The summed E-state index contributed by atoms with van der Waals surface area (Å²) in [6.07, 6.45) is 3.32. The Hall–Kier alpha value is -4.09. The van der Waals surface area contributed by atoms with Gasteiger partial charge in [0.1, 0.15) is 21.8 Å². The first kappa shape index (κ1) is 26.8. The molecule has 10 nitrogen and oxygen atoms in total. The zero-order chi connectivity index (χ0) is 28.8. The Kier molecular flexibility index (Phi) is 6.99. The van der Waals surface area contributed by atoms with Crippen molar-refractivity contribution in [3.05, 3.63) is 71.9 Å². The van der Waals surface area contributed by atoms with Crippen LogP contribution in [0.5, 0.6) is 11.5 Å². The molecule has 2 N–H and O–H groups in total. The lowest BCUT2D eigenvalue weighted by Gasteiger charge is -2.38. The molecule has 2 unspecified atom stereocenters. The number of para-hydroxylation sites is 1. The van der Waals surface area contributed by atoms with Crippen LogP contribution in [0.3, 0.4) is 0 Å². The smallest absolute Gasteiger partial charge is 0.327 e. The van der Waals surface area contributed by atoms with Crippen molar-refractivity contribution in [2.45, 2.75) is 42.1 Å². The highest BCUT2D eigenvalue weighted by atomic mass is 32.2. The van der Waals surface area contributed by atoms with E-state index in [1.165, 1.54) is 11.8 Å². The number of thioether (sulfide) groups is 1. The molecule has 1 aromatic heterocycles. The largest absolute Gasteiger partial charge is 0.457 e. The van der Waals surface area contributed by atoms with Gasteiger partial charge in [0.05, 0.1) is 36.5 Å². The number of urea groups is 1. The number of piperidine rings is 1. The molecule has 0 radical (unpaired) electrons. The summed E-state index contributed by atoms with van der Waals surface area (Å²) in [4.78, 5) is 48.0. The molecule has 4 amide bonds. The van der Waals surface area contributed by atoms with Gasteiger partial charge < -0.3 is 25.0 Å². The van der Waals surface area contributed by atoms with Gasteiger partial charge in [-0.2, -0.15) is 0 Å². The van der Waals surface area contributed by atoms with Crippen LogP contribution in [0.25, 0.3) is 0 Å². The van der Waals surface area contributed by atoms with Crippen molar-refractivity contribution in [3.8, 4) is 11.5 Å². The van der Waals surface area contributed by atoms with Gasteiger partial charge in [-0.3, -0.25) is 14.5 Å². The Morgan fingerprint density at radius 1 is 1.10 bits per heavy atom. The number of ether oxygens (including phenoxy) is 2. The molecule has 4 aliphatic heterocycles. The van der Waals surface area contributed by atoms with Gasteiger partial charge in [-0.15, -0.1) is 0 Å². The maximum Gasteiger partial charge on any atom is 0.327 e. The summed E-state index contributed by atoms with van der Waals surface area (Å²) in [5.41, 5.74) is 3.15. The number of nitrogens with one attached hydrogen (secondary N) is 2. The molecule has 42 heavy (non-hydrogen) atoms. The van der Waals surface area contributed by atoms with E-state index in [0.717, 1.165) is 40.4 Å². The number of likely N-dealkylation sites (tertiary alicyclic amines) is 1. The van der Waals surface area contributed by atoms with Gasteiger partial charge in [-0.25, -0.2) is 9.78 Å². The average Bonchev–Trinajstić information content (AvgIpc) is 3.33. The quantitative estimate of drug-likeness (QED) is 0.443. The highest BCUT2D eigenvalue weighted by Crippen LogP contribution is 2.51. The third kappa shape index (κ3) is 4.86. The van der Waals surface area contributed by atoms with E-state index in [1.54, 1.807) is 11.1 Å². The van der Waals surface area contributed by atoms with Crippen molar-refractivity contribution < 1.29 is 23.9 Å². The molecule has 11 heteroatoms. The summed E-state index contributed by atoms with van der Waals surface area (Å²) in [6.45, 7) is 4.08. The second-order valence-corrected chi connectivity index (χ2v) is 12.2. The van der Waals surface area contributed by atoms with E-state index in [0.29, 0.717) is 37.7 Å². The highest BCUT2D eigenvalue weighted by Gasteiger charge is 2.47. The Labute approximate surface area is 247 Å². The minimum atomic E-state index is -0.561. The fourth-order valence-electron chi connectivity index (χ4n) is 6.05. The summed E-state index contributed by atoms with van der Waals surface area (Å²) in [5, 5.41) is 6.42. The lowest BCUT2D eigenvalue weighted by Crippen LogP contribution is -2.55. The molecule has 2 fully saturated rings. The third-order valence-corrected chi connectivity index (χ3v) is 9.51. The van der Waals surface area contributed by atoms with Gasteiger partial charge in [-0.05, 0) is 61.7 Å². The molecule has 2 aromatic carbocycles. The topological polar surface area (TPSA) is 113 Å². The SMILES string of the molecule is Cc1cc(Oc2ccccc2)ccc1N1C(=O)NC2c3c1ccnc3S[C@H]2C(=O)NC1CCCN(C(=O)C2COC2)C1. The summed E-state index contributed by atoms with van der Waals surface area (Å²) < 4.78 is 11.2. The monoisotopic (exact) mass is 585 g/mol. The third-order valence-electron chi connectivity index (χ3n) is 8.22. The summed E-state index contributed by atoms with van der Waals surface area (Å²) >= 11 is 1.37. The number of hydrogen-bond donors (Lipinski definition) is 2. The number of aryl methyl sites for hydroxylation is 1. The Balaban J connectivity index is 1.09. The van der Waals surface area contributed by atoms with Crippen LogP contribution in [0.2, 0.25) is 0 Å². The van der Waals surface area contributed by atoms with Gasteiger partial charge in [-0.1, -0.05) is 30.0 Å². The molecular formula is C31H31N5O5S. The van der Waals surface area contributed by atoms with Crippen LogP contribution >= 0.6 is 11.8 Å². The van der Waals surface area contributed by atoms with Crippen LogP contribution < -0.4 is 20.3 Å². The summed E-state index contributed by atoms with van der Waals surface area (Å²) in [7, 11) is 0. The van der Waals surface area contributed by atoms with Crippen LogP contribution in [-0.4, -0.2) is 65.3 Å². The first-order valence-electron chi connectivity index (χ1n) is 14.2. The van der Waals surface area contributed by atoms with Crippen LogP contribution in [0, 0.1) is 12.8 Å². The van der Waals surface area contributed by atoms with E-state index in [4.69, 9.17) is 9.47 Å². The number of anilines is 2. The van der Waals surface area contributed by atoms with E-state index < -0.39 is 11.3 Å². The van der Waals surface area contributed by atoms with E-state index in [-0.39, 0.29) is 29.8 Å². The van der Waals surface area contributed by atoms with Gasteiger partial charge >= 0.3 is 6.03 Å². The number of benzene rings is 2. The van der Waals surface area contributed by atoms with Gasteiger partial charge in [0.2, 0.25) is 11.8 Å². The normalized spacial score (nSPS) is 23.1. The van der Waals surface area contributed by atoms with Crippen molar-refractivity contribution in [1.29, 1.82) is 0 Å². The lowest BCUT2D eigenvalue weighted by atomic mass is 9.98. The molecule has 3 atom stereocenters. The van der Waals surface area contributed by atoms with Crippen LogP contribution in [0.4, 0.5) is 16.2 Å². The molecule has 7 rings (SSSR count). The van der Waals surface area contributed by atoms with Crippen molar-refractivity contribution >= 4 is 41.0 Å². The fraction of sp³-hybridized carbons (Fsp3) is 0.355. The van der Waals surface area contributed by atoms with Crippen molar-refractivity contribution in [2.24, 2.45) is 5.92 Å². The molecule has 0 aliphatic carbocycles. The number of pyridine rings is 1. The number of hydrogen-bond acceptors (Lipinski definition) is 7. The Morgan fingerprint density at radius 2 is 1.93 bits per heavy atom. The first-order chi connectivity index (χ1) is 20.5. The van der Waals surface area contributed by atoms with Crippen LogP contribution in [0.1, 0.15) is 30.0 Å². The van der Waals surface area contributed by atoms with Crippen LogP contribution in [0.15, 0.2) is 65.8 Å². The molecular weight excluding hydrogens is 554 g/mol. The maximum atomic E-state index is 13.6. The van der Waals surface area contributed by atoms with Crippen molar-refractivity contribution in [1.82, 2.24) is 20.5 Å². The Bertz CT molecular complexity index is 1550. The number of rotatable bonds is 6. The summed E-state index contributed by atoms with van der Waals surface area (Å²) in [6, 6.07) is 16.0. The molecule has 2 saturated heterocycles. The molecule has 0 spiro atoms. The number of aromatic nitrogens is 1. The van der Waals surface area contributed by atoms with Crippen molar-refractivity contribution in [2.75, 3.05) is 31.2 Å². The zero-order valence-electron chi connectivity index (χ0n) is 23.1. The number of amides is 4. The predicted octanol–water partition coefficient (Wildman–Crippen LogP) is 4.31. The molecule has 0 saturated carbocycles. The van der Waals surface area contributed by atoms with Gasteiger partial charge in [0, 0.05) is 30.9 Å². The molecule has 3 aromatic rings. The molecule has 5 heterocycles. The number of nitrogens with zero attached hydrogens (tertiary/aromatic N) is 3. The maximum absolute atomic E-state index is 13.6. The highest BCUT2D eigenvalue weighted by molar-refractivity contribution is 8.01. The number of carbonyl (C=O) groups is 3. The van der Waals surface area contributed by atoms with Crippen molar-refractivity contribution in [3.63, 3.8) is 0 Å². The van der Waals surface area contributed by atoms with E-state index in [1.807, 2.05) is 66.4 Å². The van der Waals surface area contributed by atoms with Gasteiger partial charge in [0.25, 0.3) is 0 Å². The van der Waals surface area contributed by atoms with E-state index in [9.17, 15) is 14.4 Å². The molecule has 4 aliphatic rings. The minimum Gasteiger partial charge on any atom is -0.457 e. The second kappa shape index (κ2) is 11.0. The predicted molar refractivity (Wildman–Crippen MR) is 157 cm³/mol. The molecule has 216 valence electrons. The minimum absolute atomic E-state index is 0.0690. The lowest BCUT2D eigenvalue weighted by molar-refractivity contribution is -0.151. The summed E-state index contributed by atoms with van der Waals surface area (Å²) in [5.74, 6) is 1.28. The first-order valence-corrected chi connectivity index (χ1v) is 15.1. The van der Waals surface area contributed by atoms with Gasteiger partial charge in [0.15, 0.2) is 0 Å². The molecule has 0 bridgehead atoms. The van der Waals surface area contributed by atoms with Crippen LogP contribution in [-0.2, 0) is 14.3 Å². The van der Waals surface area contributed by atoms with E-state index >= 15 is 0 Å². The zero-order valence-corrected chi connectivity index (χ0v) is 23.9. The average molecular weight is 586 g/mol. The fourth-order valence-corrected chi connectivity index (χ4v) is 7.28. The standard InChI is InChI=1S/C31H31N5O5S/c1-18-14-22(41-21-7-3-2-4-8-21)9-10-23(18)36-24-11-12-32-29-25(24)26(34-31(36)39)27(42-29)28(37)33-20-6-5-13-35(15-20)30(38)19-16-40-17-19/h2-4,7-12,14,19-20,26-27H,5-6,13,15-17H2,1H3,(H,33,37)(H,34,39)/t20?,26?,27-/m1/s1. The Morgan fingerprint density at radius 3 is 2.69 bits per heavy atom.